The number of hydrogen-bond acceptors (Lipinski definition) is 4. The third-order valence-electron chi connectivity index (χ3n) is 4.50. The van der Waals surface area contributed by atoms with Gasteiger partial charge in [0.05, 0.1) is 7.11 Å². The quantitative estimate of drug-likeness (QED) is 0.300. The molecule has 7 heteroatoms. The first-order valence-corrected chi connectivity index (χ1v) is 9.88. The number of nitrogens with one attached hydrogen (secondary N) is 2. The average molecular weight is 406 g/mol. The normalized spacial score (nSPS) is 12.5. The van der Waals surface area contributed by atoms with E-state index in [0.717, 1.165) is 32.1 Å². The van der Waals surface area contributed by atoms with Crippen LogP contribution in [0.5, 0.6) is 0 Å². The van der Waals surface area contributed by atoms with Gasteiger partial charge in [-0.3, -0.25) is 9.59 Å². The molecule has 0 spiro atoms. The van der Waals surface area contributed by atoms with Gasteiger partial charge in [-0.2, -0.15) is 0 Å². The largest absolute Gasteiger partial charge is 0.467 e. The maximum absolute atomic E-state index is 13.1. The van der Waals surface area contributed by atoms with E-state index in [1.165, 1.54) is 26.2 Å². The molecule has 0 aliphatic heterocycles. The minimum atomic E-state index is -0.877. The highest BCUT2D eigenvalue weighted by molar-refractivity contribution is 5.90. The van der Waals surface area contributed by atoms with Crippen molar-refractivity contribution in [3.05, 3.63) is 48.3 Å². The summed E-state index contributed by atoms with van der Waals surface area (Å²) in [5.74, 6) is -1.75. The Morgan fingerprint density at radius 2 is 1.72 bits per heavy atom. The minimum Gasteiger partial charge on any atom is -0.467 e. The van der Waals surface area contributed by atoms with Crippen LogP contribution in [-0.4, -0.2) is 37.0 Å². The zero-order valence-corrected chi connectivity index (χ0v) is 17.2. The number of allylic oxidation sites excluding steroid dienone is 1. The van der Waals surface area contributed by atoms with Gasteiger partial charge < -0.3 is 15.4 Å². The maximum atomic E-state index is 13.1. The summed E-state index contributed by atoms with van der Waals surface area (Å²) >= 11 is 0. The number of esters is 1. The Balaban J connectivity index is 2.71. The van der Waals surface area contributed by atoms with E-state index in [9.17, 15) is 18.8 Å². The molecule has 2 atom stereocenters. The molecule has 0 radical (unpaired) electrons. The molecule has 0 aromatic heterocycles. The van der Waals surface area contributed by atoms with E-state index in [1.54, 1.807) is 12.1 Å². The Bertz CT molecular complexity index is 676. The zero-order valence-electron chi connectivity index (χ0n) is 17.2. The second-order valence-electron chi connectivity index (χ2n) is 6.95. The van der Waals surface area contributed by atoms with Crippen LogP contribution in [0.25, 0.3) is 0 Å². The fourth-order valence-electron chi connectivity index (χ4n) is 2.97. The van der Waals surface area contributed by atoms with Gasteiger partial charge >= 0.3 is 5.97 Å². The lowest BCUT2D eigenvalue weighted by Crippen LogP contribution is -2.52. The highest BCUT2D eigenvalue weighted by Crippen LogP contribution is 2.10. The summed E-state index contributed by atoms with van der Waals surface area (Å²) in [5.41, 5.74) is 0.692. The molecule has 2 N–H and O–H groups in total. The molecule has 6 nitrogen and oxygen atoms in total. The Hall–Kier alpha value is -2.70. The van der Waals surface area contributed by atoms with Crippen LogP contribution in [-0.2, 0) is 25.5 Å². The molecule has 1 rings (SSSR count). The van der Waals surface area contributed by atoms with Crippen molar-refractivity contribution in [2.24, 2.45) is 0 Å². The van der Waals surface area contributed by atoms with Crippen LogP contribution in [0.3, 0.4) is 0 Å². The summed E-state index contributed by atoms with van der Waals surface area (Å²) in [6, 6.07) is 4.04. The molecule has 29 heavy (non-hydrogen) atoms. The Morgan fingerprint density at radius 1 is 1.07 bits per heavy atom. The number of halogens is 1. The number of ether oxygens (including phenoxy) is 1. The monoisotopic (exact) mass is 406 g/mol. The standard InChI is InChI=1S/C22H31FN2O4/c1-4-5-6-7-8-9-10-19(22(28)29-3)25-21(27)20(24-16(2)26)15-17-11-13-18(23)14-12-17/h4,11-14,19-20H,1,5-10,15H2,2-3H3,(H,24,26)(H,25,27)/t19-,20+/m0/s1. The van der Waals surface area contributed by atoms with Crippen molar-refractivity contribution in [1.29, 1.82) is 0 Å². The van der Waals surface area contributed by atoms with E-state index in [4.69, 9.17) is 4.74 Å². The van der Waals surface area contributed by atoms with Gasteiger partial charge in [-0.15, -0.1) is 6.58 Å². The number of carbonyl (C=O) groups is 3. The lowest BCUT2D eigenvalue weighted by molar-refractivity contribution is -0.145. The van der Waals surface area contributed by atoms with Gasteiger partial charge in [0.15, 0.2) is 0 Å². The molecule has 0 saturated heterocycles. The van der Waals surface area contributed by atoms with Crippen LogP contribution in [0.15, 0.2) is 36.9 Å². The van der Waals surface area contributed by atoms with Gasteiger partial charge in [0, 0.05) is 13.3 Å². The van der Waals surface area contributed by atoms with Crippen LogP contribution in [0.4, 0.5) is 4.39 Å². The number of unbranched alkanes of at least 4 members (excludes halogenated alkanes) is 4. The van der Waals surface area contributed by atoms with Crippen molar-refractivity contribution in [3.8, 4) is 0 Å². The molecular formula is C22H31FN2O4. The first kappa shape index (κ1) is 24.3. The fourth-order valence-corrected chi connectivity index (χ4v) is 2.97. The summed E-state index contributed by atoms with van der Waals surface area (Å²) in [6.07, 6.45) is 7.23. The van der Waals surface area contributed by atoms with Crippen molar-refractivity contribution in [3.63, 3.8) is 0 Å². The number of rotatable bonds is 13. The van der Waals surface area contributed by atoms with Gasteiger partial charge in [0.25, 0.3) is 0 Å². The number of benzene rings is 1. The van der Waals surface area contributed by atoms with E-state index in [1.807, 2.05) is 6.08 Å². The number of carbonyl (C=O) groups excluding carboxylic acids is 3. The summed E-state index contributed by atoms with van der Waals surface area (Å²) in [7, 11) is 1.27. The SMILES string of the molecule is C=CCCCCCC[C@H](NC(=O)[C@@H](Cc1ccc(F)cc1)NC(C)=O)C(=O)OC. The van der Waals surface area contributed by atoms with Crippen molar-refractivity contribution >= 4 is 17.8 Å². The lowest BCUT2D eigenvalue weighted by Gasteiger charge is -2.22. The fraction of sp³-hybridized carbons (Fsp3) is 0.500. The predicted molar refractivity (Wildman–Crippen MR) is 110 cm³/mol. The molecule has 0 bridgehead atoms. The van der Waals surface area contributed by atoms with Crippen LogP contribution >= 0.6 is 0 Å². The zero-order chi connectivity index (χ0) is 21.6. The summed E-state index contributed by atoms with van der Waals surface area (Å²) < 4.78 is 17.9. The molecular weight excluding hydrogens is 375 g/mol. The average Bonchev–Trinajstić information content (AvgIpc) is 2.69. The lowest BCUT2D eigenvalue weighted by atomic mass is 10.0. The van der Waals surface area contributed by atoms with Gasteiger partial charge in [0.2, 0.25) is 11.8 Å². The molecule has 2 amide bonds. The topological polar surface area (TPSA) is 84.5 Å². The summed E-state index contributed by atoms with van der Waals surface area (Å²) in [6.45, 7) is 5.00. The van der Waals surface area contributed by atoms with Crippen molar-refractivity contribution in [2.75, 3.05) is 7.11 Å². The Morgan fingerprint density at radius 3 is 2.31 bits per heavy atom. The Kier molecular flexibility index (Phi) is 11.3. The smallest absolute Gasteiger partial charge is 0.328 e. The third-order valence-corrected chi connectivity index (χ3v) is 4.50. The van der Waals surface area contributed by atoms with Crippen molar-refractivity contribution < 1.29 is 23.5 Å². The number of methoxy groups -OCH3 is 1. The highest BCUT2D eigenvalue weighted by atomic mass is 19.1. The molecule has 1 aromatic carbocycles. The van der Waals surface area contributed by atoms with E-state index < -0.39 is 24.0 Å². The second-order valence-corrected chi connectivity index (χ2v) is 6.95. The van der Waals surface area contributed by atoms with Crippen molar-refractivity contribution in [2.45, 2.75) is 64.0 Å². The number of hydrogen-bond donors (Lipinski definition) is 2. The van der Waals surface area contributed by atoms with E-state index >= 15 is 0 Å². The van der Waals surface area contributed by atoms with E-state index in [0.29, 0.717) is 12.0 Å². The van der Waals surface area contributed by atoms with Gasteiger partial charge in [0.1, 0.15) is 17.9 Å². The maximum Gasteiger partial charge on any atom is 0.328 e. The minimum absolute atomic E-state index is 0.182. The third kappa shape index (κ3) is 9.87. The van der Waals surface area contributed by atoms with Gasteiger partial charge in [-0.1, -0.05) is 37.5 Å². The molecule has 0 heterocycles. The molecule has 160 valence electrons. The van der Waals surface area contributed by atoms with Crippen LogP contribution < -0.4 is 10.6 Å². The van der Waals surface area contributed by atoms with Gasteiger partial charge in [-0.25, -0.2) is 9.18 Å². The van der Waals surface area contributed by atoms with E-state index in [2.05, 4.69) is 17.2 Å². The molecule has 0 fully saturated rings. The first-order chi connectivity index (χ1) is 13.9. The molecule has 0 aliphatic carbocycles. The summed E-state index contributed by atoms with van der Waals surface area (Å²) in [4.78, 5) is 36.3. The Labute approximate surface area is 171 Å². The van der Waals surface area contributed by atoms with Crippen LogP contribution in [0.1, 0.15) is 51.0 Å². The molecule has 0 unspecified atom stereocenters. The first-order valence-electron chi connectivity index (χ1n) is 9.88. The highest BCUT2D eigenvalue weighted by Gasteiger charge is 2.26. The second kappa shape index (κ2) is 13.5. The predicted octanol–water partition coefficient (Wildman–Crippen LogP) is 3.06. The van der Waals surface area contributed by atoms with Crippen LogP contribution in [0, 0.1) is 5.82 Å². The molecule has 1 aromatic rings. The number of amides is 2. The molecule has 0 aliphatic rings. The van der Waals surface area contributed by atoms with Crippen LogP contribution in [0.2, 0.25) is 0 Å². The molecule has 0 saturated carbocycles. The van der Waals surface area contributed by atoms with Crippen molar-refractivity contribution in [1.82, 2.24) is 10.6 Å². The summed E-state index contributed by atoms with van der Waals surface area (Å²) in [5, 5.41) is 5.28. The van der Waals surface area contributed by atoms with Gasteiger partial charge in [-0.05, 0) is 37.0 Å². The van der Waals surface area contributed by atoms with E-state index in [-0.39, 0.29) is 18.1 Å².